The van der Waals surface area contributed by atoms with E-state index in [0.717, 1.165) is 43.6 Å². The third-order valence-corrected chi connectivity index (χ3v) is 5.39. The number of rotatable bonds is 5. The Labute approximate surface area is 165 Å². The van der Waals surface area contributed by atoms with Crippen LogP contribution < -0.4 is 14.5 Å². The van der Waals surface area contributed by atoms with Crippen LogP contribution in [0, 0.1) is 0 Å². The number of benzene rings is 1. The fourth-order valence-electron chi connectivity index (χ4n) is 3.80. The van der Waals surface area contributed by atoms with E-state index in [1.807, 2.05) is 42.2 Å². The van der Waals surface area contributed by atoms with E-state index in [4.69, 9.17) is 4.74 Å². The Hall–Kier alpha value is -2.83. The molecule has 148 valence electrons. The summed E-state index contributed by atoms with van der Waals surface area (Å²) in [7, 11) is 0. The number of ether oxygens (including phenoxy) is 1. The Kier molecular flexibility index (Phi) is 5.60. The molecule has 3 heterocycles. The van der Waals surface area contributed by atoms with Crippen LogP contribution in [0.1, 0.15) is 19.8 Å². The van der Waals surface area contributed by atoms with E-state index in [-0.39, 0.29) is 5.91 Å². The highest BCUT2D eigenvalue weighted by atomic mass is 16.5. The lowest BCUT2D eigenvalue weighted by atomic mass is 10.2. The van der Waals surface area contributed by atoms with E-state index in [1.165, 1.54) is 12.8 Å². The molecule has 0 saturated carbocycles. The second-order valence-corrected chi connectivity index (χ2v) is 7.31. The second-order valence-electron chi connectivity index (χ2n) is 7.31. The molecule has 4 rings (SSSR count). The molecule has 1 aromatic heterocycles. The number of hydrogen-bond donors (Lipinski definition) is 0. The van der Waals surface area contributed by atoms with Crippen LogP contribution in [0.25, 0.3) is 0 Å². The van der Waals surface area contributed by atoms with E-state index in [9.17, 15) is 4.79 Å². The standard InChI is InChI=1S/C21H27N5O2/c1-17(28-18-7-3-2-4-8-18)21(27)26-13-11-25(12-14-26)20-15-19(22-16-23-20)24-9-5-6-10-24/h2-4,7-8,15-17H,5-6,9-14H2,1H3/t17-/m1/s1. The van der Waals surface area contributed by atoms with Crippen LogP contribution in [-0.4, -0.2) is 66.1 Å². The van der Waals surface area contributed by atoms with Gasteiger partial charge in [0.05, 0.1) is 0 Å². The quantitative estimate of drug-likeness (QED) is 0.791. The number of piperazine rings is 1. The highest BCUT2D eigenvalue weighted by molar-refractivity contribution is 5.81. The van der Waals surface area contributed by atoms with Crippen molar-refractivity contribution in [1.82, 2.24) is 14.9 Å². The zero-order valence-corrected chi connectivity index (χ0v) is 16.3. The molecule has 7 nitrogen and oxygen atoms in total. The van der Waals surface area contributed by atoms with Crippen molar-refractivity contribution in [3.05, 3.63) is 42.7 Å². The zero-order valence-electron chi connectivity index (χ0n) is 16.3. The molecule has 2 aliphatic heterocycles. The van der Waals surface area contributed by atoms with Crippen LogP contribution in [0.15, 0.2) is 42.7 Å². The first-order chi connectivity index (χ1) is 13.7. The first kappa shape index (κ1) is 18.5. The molecule has 0 aliphatic carbocycles. The molecular formula is C21H27N5O2. The molecular weight excluding hydrogens is 354 g/mol. The molecule has 0 spiro atoms. The van der Waals surface area contributed by atoms with Crippen molar-refractivity contribution in [2.75, 3.05) is 49.1 Å². The maximum Gasteiger partial charge on any atom is 0.263 e. The molecule has 0 radical (unpaired) electrons. The van der Waals surface area contributed by atoms with Gasteiger partial charge in [0.2, 0.25) is 0 Å². The van der Waals surface area contributed by atoms with Gasteiger partial charge in [-0.2, -0.15) is 0 Å². The summed E-state index contributed by atoms with van der Waals surface area (Å²) in [5.41, 5.74) is 0. The SMILES string of the molecule is C[C@@H](Oc1ccccc1)C(=O)N1CCN(c2cc(N3CCCC3)ncn2)CC1. The predicted octanol–water partition coefficient (Wildman–Crippen LogP) is 2.19. The van der Waals surface area contributed by atoms with Gasteiger partial charge in [0.1, 0.15) is 23.7 Å². The van der Waals surface area contributed by atoms with Crippen LogP contribution in [0.4, 0.5) is 11.6 Å². The molecule has 1 aromatic carbocycles. The number of para-hydroxylation sites is 1. The molecule has 28 heavy (non-hydrogen) atoms. The number of amides is 1. The number of carbonyl (C=O) groups is 1. The molecule has 2 aromatic rings. The van der Waals surface area contributed by atoms with Gasteiger partial charge in [0.15, 0.2) is 6.10 Å². The van der Waals surface area contributed by atoms with Crippen LogP contribution in [0.5, 0.6) is 5.75 Å². The maximum absolute atomic E-state index is 12.7. The molecule has 7 heteroatoms. The smallest absolute Gasteiger partial charge is 0.263 e. The van der Waals surface area contributed by atoms with Crippen molar-refractivity contribution in [3.63, 3.8) is 0 Å². The van der Waals surface area contributed by atoms with Gasteiger partial charge in [-0.05, 0) is 31.9 Å². The summed E-state index contributed by atoms with van der Waals surface area (Å²) in [6.45, 7) is 6.82. The maximum atomic E-state index is 12.7. The minimum absolute atomic E-state index is 0.0314. The lowest BCUT2D eigenvalue weighted by molar-refractivity contribution is -0.138. The first-order valence-electron chi connectivity index (χ1n) is 10.0. The minimum Gasteiger partial charge on any atom is -0.481 e. The van der Waals surface area contributed by atoms with E-state index in [2.05, 4.69) is 25.8 Å². The largest absolute Gasteiger partial charge is 0.481 e. The molecule has 0 N–H and O–H groups in total. The van der Waals surface area contributed by atoms with Crippen molar-refractivity contribution in [1.29, 1.82) is 0 Å². The van der Waals surface area contributed by atoms with Gasteiger partial charge in [0.25, 0.3) is 5.91 Å². The predicted molar refractivity (Wildman–Crippen MR) is 109 cm³/mol. The molecule has 0 unspecified atom stereocenters. The van der Waals surface area contributed by atoms with Crippen molar-refractivity contribution in [3.8, 4) is 5.75 Å². The molecule has 1 amide bonds. The van der Waals surface area contributed by atoms with Gasteiger partial charge in [-0.1, -0.05) is 18.2 Å². The Morgan fingerprint density at radius 2 is 1.54 bits per heavy atom. The molecule has 2 fully saturated rings. The Morgan fingerprint density at radius 3 is 2.18 bits per heavy atom. The van der Waals surface area contributed by atoms with Gasteiger partial charge in [-0.25, -0.2) is 9.97 Å². The topological polar surface area (TPSA) is 61.8 Å². The summed E-state index contributed by atoms with van der Waals surface area (Å²) in [5.74, 6) is 2.70. The lowest BCUT2D eigenvalue weighted by Crippen LogP contribution is -2.52. The Morgan fingerprint density at radius 1 is 0.929 bits per heavy atom. The summed E-state index contributed by atoms with van der Waals surface area (Å²) < 4.78 is 5.78. The number of carbonyl (C=O) groups excluding carboxylic acids is 1. The number of aromatic nitrogens is 2. The van der Waals surface area contributed by atoms with E-state index < -0.39 is 6.10 Å². The molecule has 2 saturated heterocycles. The van der Waals surface area contributed by atoms with Crippen LogP contribution in [-0.2, 0) is 4.79 Å². The monoisotopic (exact) mass is 381 g/mol. The zero-order chi connectivity index (χ0) is 19.3. The Balaban J connectivity index is 1.33. The fraction of sp³-hybridized carbons (Fsp3) is 0.476. The van der Waals surface area contributed by atoms with Crippen molar-refractivity contribution < 1.29 is 9.53 Å². The highest BCUT2D eigenvalue weighted by Gasteiger charge is 2.27. The van der Waals surface area contributed by atoms with E-state index in [1.54, 1.807) is 6.33 Å². The van der Waals surface area contributed by atoms with Gasteiger partial charge in [-0.15, -0.1) is 0 Å². The van der Waals surface area contributed by atoms with Crippen LogP contribution in [0.2, 0.25) is 0 Å². The van der Waals surface area contributed by atoms with Gasteiger partial charge >= 0.3 is 0 Å². The van der Waals surface area contributed by atoms with Gasteiger partial charge in [0, 0.05) is 45.3 Å². The summed E-state index contributed by atoms with van der Waals surface area (Å²) in [4.78, 5) is 28.0. The normalized spacial score (nSPS) is 18.2. The van der Waals surface area contributed by atoms with Crippen LogP contribution in [0.3, 0.4) is 0 Å². The Bertz CT molecular complexity index is 786. The summed E-state index contributed by atoms with van der Waals surface area (Å²) >= 11 is 0. The molecule has 2 aliphatic rings. The molecule has 1 atom stereocenters. The third kappa shape index (κ3) is 4.18. The van der Waals surface area contributed by atoms with Crippen molar-refractivity contribution in [2.24, 2.45) is 0 Å². The second kappa shape index (κ2) is 8.46. The van der Waals surface area contributed by atoms with Crippen molar-refractivity contribution in [2.45, 2.75) is 25.9 Å². The van der Waals surface area contributed by atoms with E-state index in [0.29, 0.717) is 13.1 Å². The lowest BCUT2D eigenvalue weighted by Gasteiger charge is -2.36. The number of anilines is 2. The third-order valence-electron chi connectivity index (χ3n) is 5.39. The fourth-order valence-corrected chi connectivity index (χ4v) is 3.80. The van der Waals surface area contributed by atoms with Gasteiger partial charge < -0.3 is 19.4 Å². The molecule has 0 bridgehead atoms. The summed E-state index contributed by atoms with van der Waals surface area (Å²) in [5, 5.41) is 0. The van der Waals surface area contributed by atoms with Crippen molar-refractivity contribution >= 4 is 17.5 Å². The van der Waals surface area contributed by atoms with Gasteiger partial charge in [-0.3, -0.25) is 4.79 Å². The first-order valence-corrected chi connectivity index (χ1v) is 10.0. The van der Waals surface area contributed by atoms with Crippen LogP contribution >= 0.6 is 0 Å². The highest BCUT2D eigenvalue weighted by Crippen LogP contribution is 2.22. The number of nitrogens with zero attached hydrogens (tertiary/aromatic N) is 5. The van der Waals surface area contributed by atoms with E-state index >= 15 is 0 Å². The average Bonchev–Trinajstić information content (AvgIpc) is 3.29. The number of hydrogen-bond acceptors (Lipinski definition) is 6. The summed E-state index contributed by atoms with van der Waals surface area (Å²) in [6, 6.07) is 11.6. The minimum atomic E-state index is -0.491. The summed E-state index contributed by atoms with van der Waals surface area (Å²) in [6.07, 6.45) is 3.61. The average molecular weight is 381 g/mol.